The van der Waals surface area contributed by atoms with E-state index < -0.39 is 31.1 Å². The van der Waals surface area contributed by atoms with Crippen LogP contribution in [0, 0.1) is 6.92 Å². The summed E-state index contributed by atoms with van der Waals surface area (Å²) in [5.74, 6) is -1.90. The third-order valence-corrected chi connectivity index (χ3v) is 2.10. The molecule has 0 fully saturated rings. The van der Waals surface area contributed by atoms with Gasteiger partial charge in [-0.15, -0.1) is 0 Å². The van der Waals surface area contributed by atoms with Crippen LogP contribution in [0.25, 0.3) is 0 Å². The van der Waals surface area contributed by atoms with Crippen molar-refractivity contribution < 1.29 is 24.2 Å². The minimum Gasteiger partial charge on any atom is -0.480 e. The van der Waals surface area contributed by atoms with Gasteiger partial charge in [0.1, 0.15) is 13.2 Å². The second-order valence-corrected chi connectivity index (χ2v) is 3.70. The molecule has 0 aliphatic rings. The van der Waals surface area contributed by atoms with Crippen LogP contribution in [0.5, 0.6) is 0 Å². The van der Waals surface area contributed by atoms with Crippen molar-refractivity contribution in [3.63, 3.8) is 0 Å². The number of hydrogen-bond donors (Lipinski definition) is 3. The van der Waals surface area contributed by atoms with E-state index in [-0.39, 0.29) is 0 Å². The molecule has 0 atom stereocenters. The molecule has 0 aliphatic carbocycles. The number of anilines is 1. The number of carbonyl (C=O) groups excluding carboxylic acids is 2. The SMILES string of the molecule is Cc1ccccc1NC(=O)NC(=O)COCC(=O)O. The number of ether oxygens (including phenoxy) is 1. The molecule has 0 unspecified atom stereocenters. The van der Waals surface area contributed by atoms with Crippen LogP contribution < -0.4 is 10.6 Å². The first-order chi connectivity index (χ1) is 8.99. The molecule has 1 rings (SSSR count). The number of amides is 3. The number of aliphatic carboxylic acids is 1. The number of aryl methyl sites for hydroxylation is 1. The summed E-state index contributed by atoms with van der Waals surface area (Å²) in [6.45, 7) is 0.730. The summed E-state index contributed by atoms with van der Waals surface area (Å²) in [5.41, 5.74) is 1.44. The number of para-hydroxylation sites is 1. The highest BCUT2D eigenvalue weighted by atomic mass is 16.5. The van der Waals surface area contributed by atoms with Crippen LogP contribution in [0.2, 0.25) is 0 Å². The Hall–Kier alpha value is -2.41. The van der Waals surface area contributed by atoms with Gasteiger partial charge in [-0.1, -0.05) is 18.2 Å². The molecule has 3 amide bonds. The van der Waals surface area contributed by atoms with Gasteiger partial charge in [0.2, 0.25) is 0 Å². The maximum Gasteiger partial charge on any atom is 0.329 e. The third-order valence-electron chi connectivity index (χ3n) is 2.10. The van der Waals surface area contributed by atoms with Gasteiger partial charge in [0.05, 0.1) is 0 Å². The Morgan fingerprint density at radius 3 is 2.53 bits per heavy atom. The standard InChI is InChI=1S/C12H14N2O5/c1-8-4-2-3-5-9(8)13-12(18)14-10(15)6-19-7-11(16)17/h2-5H,6-7H2,1H3,(H,16,17)(H2,13,14,15,18). The Balaban J connectivity index is 2.37. The van der Waals surface area contributed by atoms with E-state index in [2.05, 4.69) is 10.1 Å². The van der Waals surface area contributed by atoms with Crippen molar-refractivity contribution in [3.05, 3.63) is 29.8 Å². The van der Waals surface area contributed by atoms with Gasteiger partial charge in [0, 0.05) is 5.69 Å². The first-order valence-electron chi connectivity index (χ1n) is 5.45. The molecule has 0 bridgehead atoms. The number of rotatable bonds is 5. The number of carboxylic acids is 1. The van der Waals surface area contributed by atoms with Gasteiger partial charge in [-0.25, -0.2) is 9.59 Å². The molecule has 0 aliphatic heterocycles. The highest BCUT2D eigenvalue weighted by Gasteiger charge is 2.09. The summed E-state index contributed by atoms with van der Waals surface area (Å²) in [4.78, 5) is 32.8. The van der Waals surface area contributed by atoms with E-state index in [0.29, 0.717) is 5.69 Å². The summed E-state index contributed by atoms with van der Waals surface area (Å²) >= 11 is 0. The monoisotopic (exact) mass is 266 g/mol. The van der Waals surface area contributed by atoms with Crippen molar-refractivity contribution in [2.24, 2.45) is 0 Å². The number of benzene rings is 1. The molecule has 1 aromatic carbocycles. The summed E-state index contributed by atoms with van der Waals surface area (Å²) < 4.78 is 4.54. The zero-order valence-electron chi connectivity index (χ0n) is 10.3. The fraction of sp³-hybridized carbons (Fsp3) is 0.250. The van der Waals surface area contributed by atoms with Crippen molar-refractivity contribution in [1.29, 1.82) is 0 Å². The summed E-state index contributed by atoms with van der Waals surface area (Å²) in [6.07, 6.45) is 0. The lowest BCUT2D eigenvalue weighted by atomic mass is 10.2. The molecule has 0 spiro atoms. The van der Waals surface area contributed by atoms with E-state index in [1.54, 1.807) is 12.1 Å². The van der Waals surface area contributed by atoms with Crippen molar-refractivity contribution in [2.45, 2.75) is 6.92 Å². The molecular weight excluding hydrogens is 252 g/mol. The van der Waals surface area contributed by atoms with E-state index in [4.69, 9.17) is 5.11 Å². The van der Waals surface area contributed by atoms with Gasteiger partial charge >= 0.3 is 12.0 Å². The molecule has 102 valence electrons. The average Bonchev–Trinajstić information content (AvgIpc) is 2.31. The fourth-order valence-electron chi connectivity index (χ4n) is 1.26. The van der Waals surface area contributed by atoms with E-state index >= 15 is 0 Å². The molecule has 0 radical (unpaired) electrons. The quantitative estimate of drug-likeness (QED) is 0.729. The lowest BCUT2D eigenvalue weighted by Gasteiger charge is -2.08. The van der Waals surface area contributed by atoms with Crippen LogP contribution in [-0.2, 0) is 14.3 Å². The van der Waals surface area contributed by atoms with Gasteiger partial charge < -0.3 is 15.2 Å². The molecule has 3 N–H and O–H groups in total. The molecule has 1 aromatic rings. The summed E-state index contributed by atoms with van der Waals surface area (Å²) in [5, 5.41) is 12.8. The Morgan fingerprint density at radius 1 is 1.21 bits per heavy atom. The first kappa shape index (κ1) is 14.7. The van der Waals surface area contributed by atoms with Crippen molar-refractivity contribution >= 4 is 23.6 Å². The molecule has 7 nitrogen and oxygen atoms in total. The second-order valence-electron chi connectivity index (χ2n) is 3.70. The fourth-order valence-corrected chi connectivity index (χ4v) is 1.26. The third kappa shape index (κ3) is 5.64. The molecule has 0 heterocycles. The number of imide groups is 1. The maximum atomic E-state index is 11.5. The van der Waals surface area contributed by atoms with Crippen molar-refractivity contribution in [1.82, 2.24) is 5.32 Å². The predicted molar refractivity (Wildman–Crippen MR) is 66.8 cm³/mol. The van der Waals surface area contributed by atoms with Gasteiger partial charge in [-0.3, -0.25) is 10.1 Å². The van der Waals surface area contributed by atoms with E-state index in [9.17, 15) is 14.4 Å². The van der Waals surface area contributed by atoms with E-state index in [0.717, 1.165) is 5.56 Å². The molecular formula is C12H14N2O5. The van der Waals surface area contributed by atoms with Crippen LogP contribution in [0.3, 0.4) is 0 Å². The van der Waals surface area contributed by atoms with Crippen LogP contribution in [0.4, 0.5) is 10.5 Å². The normalized spacial score (nSPS) is 9.74. The Labute approximate surface area is 109 Å². The number of nitrogens with one attached hydrogen (secondary N) is 2. The zero-order valence-corrected chi connectivity index (χ0v) is 10.3. The van der Waals surface area contributed by atoms with Gasteiger partial charge in [0.25, 0.3) is 5.91 Å². The lowest BCUT2D eigenvalue weighted by Crippen LogP contribution is -2.37. The van der Waals surface area contributed by atoms with Gasteiger partial charge in [-0.2, -0.15) is 0 Å². The zero-order chi connectivity index (χ0) is 14.3. The summed E-state index contributed by atoms with van der Waals surface area (Å²) in [7, 11) is 0. The second kappa shape index (κ2) is 7.12. The smallest absolute Gasteiger partial charge is 0.329 e. The van der Waals surface area contributed by atoms with E-state index in [1.807, 2.05) is 24.4 Å². The highest BCUT2D eigenvalue weighted by Crippen LogP contribution is 2.12. The van der Waals surface area contributed by atoms with Gasteiger partial charge in [0.15, 0.2) is 0 Å². The average molecular weight is 266 g/mol. The lowest BCUT2D eigenvalue weighted by molar-refractivity contribution is -0.143. The van der Waals surface area contributed by atoms with E-state index in [1.165, 1.54) is 0 Å². The van der Waals surface area contributed by atoms with Crippen LogP contribution in [-0.4, -0.2) is 36.2 Å². The van der Waals surface area contributed by atoms with Crippen molar-refractivity contribution in [2.75, 3.05) is 18.5 Å². The number of hydrogen-bond acceptors (Lipinski definition) is 4. The van der Waals surface area contributed by atoms with Crippen molar-refractivity contribution in [3.8, 4) is 0 Å². The Morgan fingerprint density at radius 2 is 1.89 bits per heavy atom. The van der Waals surface area contributed by atoms with Crippen LogP contribution in [0.1, 0.15) is 5.56 Å². The maximum absolute atomic E-state index is 11.5. The Kier molecular flexibility index (Phi) is 5.49. The highest BCUT2D eigenvalue weighted by molar-refractivity contribution is 6.01. The minimum absolute atomic E-state index is 0.493. The number of carbonyl (C=O) groups is 3. The molecule has 19 heavy (non-hydrogen) atoms. The molecule has 0 saturated carbocycles. The molecule has 7 heteroatoms. The van der Waals surface area contributed by atoms with Gasteiger partial charge in [-0.05, 0) is 18.6 Å². The molecule has 0 saturated heterocycles. The predicted octanol–water partition coefficient (Wildman–Crippen LogP) is 0.744. The Bertz CT molecular complexity index is 487. The number of urea groups is 1. The first-order valence-corrected chi connectivity index (χ1v) is 5.45. The topological polar surface area (TPSA) is 105 Å². The minimum atomic E-state index is -1.18. The largest absolute Gasteiger partial charge is 0.480 e. The summed E-state index contributed by atoms with van der Waals surface area (Å²) in [6, 6.07) is 6.38. The van der Waals surface area contributed by atoms with Crippen LogP contribution in [0.15, 0.2) is 24.3 Å². The molecule has 0 aromatic heterocycles. The van der Waals surface area contributed by atoms with Crippen LogP contribution >= 0.6 is 0 Å². The number of carboxylic acid groups (broad SMARTS) is 1.